The fraction of sp³-hybridized carbons (Fsp3) is 0.633. The lowest BCUT2D eigenvalue weighted by Gasteiger charge is -2.48. The van der Waals surface area contributed by atoms with E-state index >= 15 is 0 Å². The van der Waals surface area contributed by atoms with Crippen molar-refractivity contribution in [3.05, 3.63) is 47.5 Å². The second-order valence-electron chi connectivity index (χ2n) is 12.3. The number of carbonyl (C=O) groups is 1. The number of hydrogen-bond acceptors (Lipinski definition) is 15. The Labute approximate surface area is 264 Å². The molecule has 0 spiro atoms. The average molecular weight is 653 g/mol. The maximum Gasteiger partial charge on any atom is 0.251 e. The summed E-state index contributed by atoms with van der Waals surface area (Å²) in [6.45, 7) is 1.09. The van der Waals surface area contributed by atoms with Gasteiger partial charge < -0.3 is 77.2 Å². The topological polar surface area (TPSA) is 286 Å². The molecule has 14 N–H and O–H groups in total. The Morgan fingerprint density at radius 1 is 0.783 bits per heavy atom. The Hall–Kier alpha value is -2.39. The van der Waals surface area contributed by atoms with E-state index in [1.807, 2.05) is 31.2 Å². The van der Waals surface area contributed by atoms with Gasteiger partial charge in [-0.05, 0) is 36.2 Å². The minimum absolute atomic E-state index is 0.0339. The van der Waals surface area contributed by atoms with E-state index in [9.17, 15) is 40.5 Å². The predicted molar refractivity (Wildman–Crippen MR) is 160 cm³/mol. The Morgan fingerprint density at radius 2 is 1.37 bits per heavy atom. The number of nitrogens with one attached hydrogen (secondary N) is 1. The van der Waals surface area contributed by atoms with Gasteiger partial charge >= 0.3 is 0 Å². The first-order valence-corrected chi connectivity index (χ1v) is 15.2. The quantitative estimate of drug-likeness (QED) is 0.128. The summed E-state index contributed by atoms with van der Waals surface area (Å²) in [4.78, 5) is 12.9. The molecule has 3 fully saturated rings. The molecule has 256 valence electrons. The Kier molecular flexibility index (Phi) is 10.9. The van der Waals surface area contributed by atoms with Crippen LogP contribution in [-0.4, -0.2) is 147 Å². The molecule has 5 rings (SSSR count). The normalized spacial score (nSPS) is 41.8. The van der Waals surface area contributed by atoms with Crippen LogP contribution in [-0.2, 0) is 18.9 Å². The van der Waals surface area contributed by atoms with Crippen molar-refractivity contribution in [2.24, 2.45) is 17.2 Å². The second kappa shape index (κ2) is 14.4. The van der Waals surface area contributed by atoms with Gasteiger partial charge in [-0.25, -0.2) is 0 Å². The van der Waals surface area contributed by atoms with Crippen LogP contribution in [0.3, 0.4) is 0 Å². The number of aliphatic hydroxyl groups excluding tert-OH is 7. The average Bonchev–Trinajstić information content (AvgIpc) is 3.03. The fourth-order valence-corrected chi connectivity index (χ4v) is 6.18. The van der Waals surface area contributed by atoms with Gasteiger partial charge in [0.2, 0.25) is 0 Å². The largest absolute Gasteiger partial charge is 0.394 e. The van der Waals surface area contributed by atoms with Crippen LogP contribution in [0.25, 0.3) is 10.8 Å². The first-order chi connectivity index (χ1) is 21.8. The van der Waals surface area contributed by atoms with E-state index in [-0.39, 0.29) is 13.0 Å². The molecule has 3 aliphatic rings. The SMILES string of the molecule is Cc1ccc2cc(C(=O)NCC3O[C@H](OC4C(N)CC(N)[C@@H](OC5O[C@H](CO)C(O)[C@@H](N)[C@H]5O)[C@H]4O)C(O)[C@@H](O)[C@@H]3O)ccc2c1. The van der Waals surface area contributed by atoms with E-state index in [2.05, 4.69) is 5.32 Å². The van der Waals surface area contributed by atoms with Crippen molar-refractivity contribution in [1.29, 1.82) is 0 Å². The lowest BCUT2D eigenvalue weighted by Crippen LogP contribution is -2.68. The number of carbonyl (C=O) groups excluding carboxylic acids is 1. The van der Waals surface area contributed by atoms with Crippen LogP contribution in [0.15, 0.2) is 36.4 Å². The van der Waals surface area contributed by atoms with Crippen LogP contribution in [0.4, 0.5) is 0 Å². The van der Waals surface area contributed by atoms with Crippen molar-refractivity contribution in [3.8, 4) is 0 Å². The molecule has 7 unspecified atom stereocenters. The van der Waals surface area contributed by atoms with Crippen LogP contribution in [0.1, 0.15) is 22.3 Å². The highest BCUT2D eigenvalue weighted by atomic mass is 16.7. The van der Waals surface area contributed by atoms with Gasteiger partial charge in [0.05, 0.1) is 12.6 Å². The van der Waals surface area contributed by atoms with Gasteiger partial charge in [-0.1, -0.05) is 29.8 Å². The smallest absolute Gasteiger partial charge is 0.251 e. The summed E-state index contributed by atoms with van der Waals surface area (Å²) in [5, 5.41) is 77.8. The highest BCUT2D eigenvalue weighted by molar-refractivity contribution is 5.98. The lowest BCUT2D eigenvalue weighted by molar-refractivity contribution is -0.332. The lowest BCUT2D eigenvalue weighted by atomic mass is 9.84. The Balaban J connectivity index is 1.24. The van der Waals surface area contributed by atoms with Gasteiger partial charge in [0, 0.05) is 24.2 Å². The van der Waals surface area contributed by atoms with Crippen LogP contribution in [0.2, 0.25) is 0 Å². The zero-order valence-corrected chi connectivity index (χ0v) is 25.1. The first-order valence-electron chi connectivity index (χ1n) is 15.2. The molecule has 1 amide bonds. The van der Waals surface area contributed by atoms with E-state index < -0.39 is 104 Å². The van der Waals surface area contributed by atoms with Gasteiger partial charge in [-0.2, -0.15) is 0 Å². The molecule has 2 aromatic carbocycles. The molecule has 1 aliphatic carbocycles. The third-order valence-corrected chi connectivity index (χ3v) is 8.97. The molecule has 0 bridgehead atoms. The number of hydrogen-bond donors (Lipinski definition) is 11. The Morgan fingerprint density at radius 3 is 2.02 bits per heavy atom. The van der Waals surface area contributed by atoms with Crippen molar-refractivity contribution < 1.29 is 59.5 Å². The van der Waals surface area contributed by atoms with E-state index in [0.29, 0.717) is 5.56 Å². The van der Waals surface area contributed by atoms with Crippen LogP contribution in [0.5, 0.6) is 0 Å². The maximum atomic E-state index is 12.9. The summed E-state index contributed by atoms with van der Waals surface area (Å²) >= 11 is 0. The molecule has 15 atom stereocenters. The van der Waals surface area contributed by atoms with Crippen molar-refractivity contribution >= 4 is 16.7 Å². The molecule has 16 nitrogen and oxygen atoms in total. The zero-order chi connectivity index (χ0) is 33.4. The standard InChI is InChI=1S/C30H44N4O12/c1-11-2-3-13-7-14(5-4-12(13)6-11)28(42)34-9-17-21(37)23(39)24(40)30(43-17)46-27-16(32)8-15(31)26(25(27)41)45-29-22(38)19(33)20(36)18(10-35)44-29/h2-7,15-27,29-30,35-41H,8-10,31-33H2,1H3,(H,34,42)/t15?,16?,17?,18-,19-,20?,21-,22-,23+,24?,25-,26-,27?,29?,30-/m1/s1. The van der Waals surface area contributed by atoms with Crippen molar-refractivity contribution in [2.75, 3.05) is 13.2 Å². The monoisotopic (exact) mass is 652 g/mol. The van der Waals surface area contributed by atoms with Crippen LogP contribution < -0.4 is 22.5 Å². The van der Waals surface area contributed by atoms with Crippen LogP contribution in [0, 0.1) is 6.92 Å². The summed E-state index contributed by atoms with van der Waals surface area (Å²) in [6.07, 6.45) is -17.6. The zero-order valence-electron chi connectivity index (χ0n) is 25.1. The highest BCUT2D eigenvalue weighted by Gasteiger charge is 2.51. The van der Waals surface area contributed by atoms with Crippen molar-refractivity contribution in [1.82, 2.24) is 5.32 Å². The summed E-state index contributed by atoms with van der Waals surface area (Å²) < 4.78 is 22.9. The second-order valence-corrected chi connectivity index (χ2v) is 12.3. The molecular formula is C30H44N4O12. The van der Waals surface area contributed by atoms with E-state index in [4.69, 9.17) is 36.1 Å². The molecule has 46 heavy (non-hydrogen) atoms. The first kappa shape index (κ1) is 34.9. The molecule has 0 aromatic heterocycles. The summed E-state index contributed by atoms with van der Waals surface area (Å²) in [5.74, 6) is -0.460. The molecule has 2 heterocycles. The number of nitrogens with two attached hydrogens (primary N) is 3. The molecular weight excluding hydrogens is 608 g/mol. The summed E-state index contributed by atoms with van der Waals surface area (Å²) in [7, 11) is 0. The van der Waals surface area contributed by atoms with Gasteiger partial charge in [0.1, 0.15) is 61.0 Å². The van der Waals surface area contributed by atoms with Gasteiger partial charge in [-0.15, -0.1) is 0 Å². The van der Waals surface area contributed by atoms with Gasteiger partial charge in [0.25, 0.3) is 5.91 Å². The maximum absolute atomic E-state index is 12.9. The number of rotatable bonds is 8. The third kappa shape index (κ3) is 7.06. The van der Waals surface area contributed by atoms with E-state index in [0.717, 1.165) is 16.3 Å². The summed E-state index contributed by atoms with van der Waals surface area (Å²) in [6, 6.07) is 7.99. The number of aryl methyl sites for hydroxylation is 1. The highest BCUT2D eigenvalue weighted by Crippen LogP contribution is 2.31. The number of ether oxygens (including phenoxy) is 4. The molecule has 16 heteroatoms. The van der Waals surface area contributed by atoms with Gasteiger partial charge in [-0.3, -0.25) is 4.79 Å². The van der Waals surface area contributed by atoms with Crippen molar-refractivity contribution in [2.45, 2.75) is 105 Å². The van der Waals surface area contributed by atoms with Crippen molar-refractivity contribution in [3.63, 3.8) is 0 Å². The van der Waals surface area contributed by atoms with Crippen LogP contribution >= 0.6 is 0 Å². The fourth-order valence-electron chi connectivity index (χ4n) is 6.18. The molecule has 1 saturated carbocycles. The van der Waals surface area contributed by atoms with E-state index in [1.54, 1.807) is 12.1 Å². The number of fused-ring (bicyclic) bond motifs is 1. The minimum atomic E-state index is -1.77. The van der Waals surface area contributed by atoms with E-state index in [1.165, 1.54) is 0 Å². The molecule has 2 aliphatic heterocycles. The number of aliphatic hydroxyl groups is 7. The van der Waals surface area contributed by atoms with Gasteiger partial charge in [0.15, 0.2) is 12.6 Å². The third-order valence-electron chi connectivity index (χ3n) is 8.97. The molecule has 0 radical (unpaired) electrons. The predicted octanol–water partition coefficient (Wildman–Crippen LogP) is -4.36. The minimum Gasteiger partial charge on any atom is -0.394 e. The number of benzene rings is 2. The molecule has 2 saturated heterocycles. The Bertz CT molecular complexity index is 1350. The number of amides is 1. The summed E-state index contributed by atoms with van der Waals surface area (Å²) in [5.41, 5.74) is 19.8. The molecule has 2 aromatic rings.